The molecule has 86 valence electrons. The molecule has 15 heavy (non-hydrogen) atoms. The number of nitrogens with zero attached hydrogens (tertiary/aromatic N) is 2. The summed E-state index contributed by atoms with van der Waals surface area (Å²) in [5, 5.41) is 0. The highest BCUT2D eigenvalue weighted by molar-refractivity contribution is 5.15. The van der Waals surface area contributed by atoms with E-state index in [-0.39, 0.29) is 12.5 Å². The highest BCUT2D eigenvalue weighted by atomic mass is 19.4. The molecule has 0 aliphatic carbocycles. The molecule has 0 unspecified atom stereocenters. The van der Waals surface area contributed by atoms with Crippen LogP contribution in [-0.2, 0) is 6.18 Å². The van der Waals surface area contributed by atoms with Crippen LogP contribution in [0.4, 0.5) is 13.2 Å². The van der Waals surface area contributed by atoms with Gasteiger partial charge in [0.25, 0.3) is 0 Å². The molecule has 0 saturated heterocycles. The lowest BCUT2D eigenvalue weighted by molar-refractivity contribution is -0.141. The number of ether oxygens (including phenoxy) is 1. The first-order chi connectivity index (χ1) is 7.04. The van der Waals surface area contributed by atoms with Crippen LogP contribution in [0, 0.1) is 0 Å². The second kappa shape index (κ2) is 6.21. The summed E-state index contributed by atoms with van der Waals surface area (Å²) in [6.07, 6.45) is -3.62. The van der Waals surface area contributed by atoms with Crippen molar-refractivity contribution in [2.75, 3.05) is 6.61 Å². The summed E-state index contributed by atoms with van der Waals surface area (Å²) in [4.78, 5) is 6.59. The summed E-state index contributed by atoms with van der Waals surface area (Å²) in [7, 11) is 0. The first kappa shape index (κ1) is 13.7. The Balaban J connectivity index is 0.000000921. The van der Waals surface area contributed by atoms with E-state index in [0.29, 0.717) is 0 Å². The SMILES string of the molecule is CC.CCOc1cc(C(F)(F)F)ncn1. The zero-order valence-electron chi connectivity index (χ0n) is 8.80. The Hall–Kier alpha value is -1.33. The molecule has 0 fully saturated rings. The number of hydrogen-bond acceptors (Lipinski definition) is 3. The number of hydrogen-bond donors (Lipinski definition) is 0. The Labute approximate surface area is 86.3 Å². The summed E-state index contributed by atoms with van der Waals surface area (Å²) in [6, 6.07) is 0.767. The van der Waals surface area contributed by atoms with Gasteiger partial charge in [-0.1, -0.05) is 13.8 Å². The number of halogens is 3. The summed E-state index contributed by atoms with van der Waals surface area (Å²) in [5.41, 5.74) is -0.994. The van der Waals surface area contributed by atoms with E-state index in [0.717, 1.165) is 12.4 Å². The molecule has 0 atom stereocenters. The summed E-state index contributed by atoms with van der Waals surface area (Å²) < 4.78 is 41.0. The topological polar surface area (TPSA) is 35.0 Å². The zero-order chi connectivity index (χ0) is 11.9. The standard InChI is InChI=1S/C7H7F3N2O.C2H6/c1-2-13-6-3-5(7(8,9)10)11-4-12-6;1-2/h3-4H,2H2,1H3;1-2H3. The van der Waals surface area contributed by atoms with Gasteiger partial charge in [0, 0.05) is 6.07 Å². The van der Waals surface area contributed by atoms with E-state index in [2.05, 4.69) is 9.97 Å². The maximum absolute atomic E-state index is 12.1. The van der Waals surface area contributed by atoms with Crippen molar-refractivity contribution in [3.8, 4) is 5.88 Å². The Morgan fingerprint density at radius 1 is 1.27 bits per heavy atom. The first-order valence-electron chi connectivity index (χ1n) is 4.56. The number of alkyl halides is 3. The monoisotopic (exact) mass is 222 g/mol. The molecule has 6 heteroatoms. The Kier molecular flexibility index (Phi) is 5.66. The van der Waals surface area contributed by atoms with E-state index >= 15 is 0 Å². The molecule has 0 N–H and O–H groups in total. The van der Waals surface area contributed by atoms with Gasteiger partial charge in [-0.25, -0.2) is 9.97 Å². The normalized spacial score (nSPS) is 10.3. The van der Waals surface area contributed by atoms with Crippen molar-refractivity contribution in [1.82, 2.24) is 9.97 Å². The molecule has 0 amide bonds. The van der Waals surface area contributed by atoms with Crippen molar-refractivity contribution >= 4 is 0 Å². The number of rotatable bonds is 2. The predicted octanol–water partition coefficient (Wildman–Crippen LogP) is 2.92. The molecule has 1 aromatic rings. The van der Waals surface area contributed by atoms with Crippen LogP contribution in [-0.4, -0.2) is 16.6 Å². The van der Waals surface area contributed by atoms with Crippen LogP contribution < -0.4 is 4.74 Å². The average Bonchev–Trinajstić information content (AvgIpc) is 2.21. The van der Waals surface area contributed by atoms with Gasteiger partial charge in [0.2, 0.25) is 5.88 Å². The quantitative estimate of drug-likeness (QED) is 0.771. The molecule has 1 aromatic heterocycles. The second-order valence-corrected chi connectivity index (χ2v) is 2.17. The van der Waals surface area contributed by atoms with E-state index in [1.807, 2.05) is 13.8 Å². The molecule has 1 rings (SSSR count). The predicted molar refractivity (Wildman–Crippen MR) is 49.6 cm³/mol. The van der Waals surface area contributed by atoms with Gasteiger partial charge in [-0.15, -0.1) is 0 Å². The van der Waals surface area contributed by atoms with Crippen LogP contribution in [0.2, 0.25) is 0 Å². The molecule has 3 nitrogen and oxygen atoms in total. The van der Waals surface area contributed by atoms with Crippen LogP contribution in [0.5, 0.6) is 5.88 Å². The van der Waals surface area contributed by atoms with Crippen molar-refractivity contribution in [3.63, 3.8) is 0 Å². The van der Waals surface area contributed by atoms with Crippen molar-refractivity contribution in [2.24, 2.45) is 0 Å². The van der Waals surface area contributed by atoms with E-state index in [1.54, 1.807) is 6.92 Å². The Bertz CT molecular complexity index is 289. The van der Waals surface area contributed by atoms with Gasteiger partial charge in [0.05, 0.1) is 6.61 Å². The third kappa shape index (κ3) is 4.62. The van der Waals surface area contributed by atoms with Crippen LogP contribution in [0.25, 0.3) is 0 Å². The lowest BCUT2D eigenvalue weighted by Crippen LogP contribution is -2.08. The van der Waals surface area contributed by atoms with Crippen LogP contribution in [0.3, 0.4) is 0 Å². The first-order valence-corrected chi connectivity index (χ1v) is 4.56. The largest absolute Gasteiger partial charge is 0.478 e. The fourth-order valence-corrected chi connectivity index (χ4v) is 0.721. The fraction of sp³-hybridized carbons (Fsp3) is 0.556. The molecule has 0 saturated carbocycles. The molecule has 0 aliphatic rings. The molecule has 0 aliphatic heterocycles. The third-order valence-corrected chi connectivity index (χ3v) is 1.22. The molecule has 0 radical (unpaired) electrons. The zero-order valence-corrected chi connectivity index (χ0v) is 8.80. The Morgan fingerprint density at radius 3 is 2.33 bits per heavy atom. The lowest BCUT2D eigenvalue weighted by Gasteiger charge is -2.06. The minimum atomic E-state index is -4.45. The van der Waals surface area contributed by atoms with Crippen LogP contribution in [0.1, 0.15) is 26.5 Å². The molecule has 0 aromatic carbocycles. The molecule has 1 heterocycles. The lowest BCUT2D eigenvalue weighted by atomic mass is 10.4. The van der Waals surface area contributed by atoms with Crippen LogP contribution >= 0.6 is 0 Å². The summed E-state index contributed by atoms with van der Waals surface area (Å²) in [6.45, 7) is 5.93. The maximum atomic E-state index is 12.1. The Morgan fingerprint density at radius 2 is 1.87 bits per heavy atom. The summed E-state index contributed by atoms with van der Waals surface area (Å²) >= 11 is 0. The smallest absolute Gasteiger partial charge is 0.433 e. The highest BCUT2D eigenvalue weighted by Crippen LogP contribution is 2.28. The molecule has 0 bridgehead atoms. The fourth-order valence-electron chi connectivity index (χ4n) is 0.721. The minimum absolute atomic E-state index is 0.0650. The molecular weight excluding hydrogens is 209 g/mol. The number of aromatic nitrogens is 2. The van der Waals surface area contributed by atoms with Crippen molar-refractivity contribution in [2.45, 2.75) is 26.9 Å². The van der Waals surface area contributed by atoms with E-state index < -0.39 is 11.9 Å². The van der Waals surface area contributed by atoms with E-state index in [4.69, 9.17) is 4.74 Å². The second-order valence-electron chi connectivity index (χ2n) is 2.17. The van der Waals surface area contributed by atoms with Crippen LogP contribution in [0.15, 0.2) is 12.4 Å². The molecular formula is C9H13F3N2O. The van der Waals surface area contributed by atoms with Gasteiger partial charge < -0.3 is 4.74 Å². The van der Waals surface area contributed by atoms with E-state index in [1.165, 1.54) is 0 Å². The van der Waals surface area contributed by atoms with Gasteiger partial charge in [-0.2, -0.15) is 13.2 Å². The average molecular weight is 222 g/mol. The van der Waals surface area contributed by atoms with E-state index in [9.17, 15) is 13.2 Å². The van der Waals surface area contributed by atoms with Gasteiger partial charge >= 0.3 is 6.18 Å². The van der Waals surface area contributed by atoms with Gasteiger partial charge in [-0.05, 0) is 6.92 Å². The van der Waals surface area contributed by atoms with Crippen molar-refractivity contribution in [1.29, 1.82) is 0 Å². The van der Waals surface area contributed by atoms with Crippen molar-refractivity contribution < 1.29 is 17.9 Å². The third-order valence-electron chi connectivity index (χ3n) is 1.22. The van der Waals surface area contributed by atoms with Gasteiger partial charge in [0.15, 0.2) is 5.69 Å². The van der Waals surface area contributed by atoms with Gasteiger partial charge in [0.1, 0.15) is 6.33 Å². The van der Waals surface area contributed by atoms with Crippen molar-refractivity contribution in [3.05, 3.63) is 18.1 Å². The maximum Gasteiger partial charge on any atom is 0.433 e. The molecule has 0 spiro atoms. The minimum Gasteiger partial charge on any atom is -0.478 e. The summed E-state index contributed by atoms with van der Waals surface area (Å²) in [5.74, 6) is -0.0650. The highest BCUT2D eigenvalue weighted by Gasteiger charge is 2.32. The van der Waals surface area contributed by atoms with Gasteiger partial charge in [-0.3, -0.25) is 0 Å².